The third-order valence-electron chi connectivity index (χ3n) is 7.20. The summed E-state index contributed by atoms with van der Waals surface area (Å²) in [4.78, 5) is 15.1. The van der Waals surface area contributed by atoms with Crippen LogP contribution < -0.4 is 5.32 Å². The lowest BCUT2D eigenvalue weighted by Crippen LogP contribution is -2.42. The van der Waals surface area contributed by atoms with Crippen molar-refractivity contribution in [3.63, 3.8) is 0 Å². The lowest BCUT2D eigenvalue weighted by atomic mass is 9.71. The maximum atomic E-state index is 13.3. The highest BCUT2D eigenvalue weighted by Crippen LogP contribution is 2.46. The number of hydrogen-bond donors (Lipinski definition) is 2. The lowest BCUT2D eigenvalue weighted by molar-refractivity contribution is -0.136. The van der Waals surface area contributed by atoms with Crippen molar-refractivity contribution in [2.24, 2.45) is 5.41 Å². The Morgan fingerprint density at radius 2 is 2.06 bits per heavy atom. The lowest BCUT2D eigenvalue weighted by Gasteiger charge is -2.36. The molecule has 4 heterocycles. The molecule has 1 amide bonds. The number of aryl methyl sites for hydroxylation is 1. The van der Waals surface area contributed by atoms with Gasteiger partial charge in [-0.25, -0.2) is 0 Å². The smallest absolute Gasteiger partial charge is 0.233 e. The van der Waals surface area contributed by atoms with E-state index in [1.54, 1.807) is 0 Å². The Bertz CT molecular complexity index is 1030. The predicted octanol–water partition coefficient (Wildman–Crippen LogP) is 0.634. The van der Waals surface area contributed by atoms with Crippen molar-refractivity contribution in [2.45, 2.75) is 64.8 Å². The van der Waals surface area contributed by atoms with Gasteiger partial charge >= 0.3 is 0 Å². The van der Waals surface area contributed by atoms with E-state index in [4.69, 9.17) is 4.74 Å². The van der Waals surface area contributed by atoms with E-state index in [1.807, 2.05) is 24.8 Å². The molecule has 1 spiro atoms. The van der Waals surface area contributed by atoms with Gasteiger partial charge in [0, 0.05) is 24.7 Å². The molecule has 5 rings (SSSR count). The van der Waals surface area contributed by atoms with Crippen molar-refractivity contribution in [1.82, 2.24) is 40.6 Å². The first-order valence-corrected chi connectivity index (χ1v) is 11.1. The van der Waals surface area contributed by atoms with Crippen LogP contribution in [0.5, 0.6) is 0 Å². The molecule has 32 heavy (non-hydrogen) atoms. The third-order valence-corrected chi connectivity index (χ3v) is 7.20. The van der Waals surface area contributed by atoms with E-state index in [1.165, 1.54) is 11.0 Å². The van der Waals surface area contributed by atoms with Gasteiger partial charge in [0.1, 0.15) is 6.33 Å². The molecule has 11 nitrogen and oxygen atoms in total. The molecule has 2 aliphatic heterocycles. The number of carbonyl (C=O) groups is 1. The van der Waals surface area contributed by atoms with Crippen LogP contribution in [0.2, 0.25) is 0 Å². The number of hydrogen-bond acceptors (Lipinski definition) is 9. The van der Waals surface area contributed by atoms with Crippen LogP contribution in [-0.2, 0) is 16.1 Å². The van der Waals surface area contributed by atoms with Crippen molar-refractivity contribution >= 4 is 5.91 Å². The number of aromatic nitrogens is 6. The molecule has 2 aromatic rings. The van der Waals surface area contributed by atoms with Crippen LogP contribution in [0.3, 0.4) is 0 Å². The van der Waals surface area contributed by atoms with Gasteiger partial charge in [-0.2, -0.15) is 9.78 Å². The summed E-state index contributed by atoms with van der Waals surface area (Å²) >= 11 is 0. The Labute approximate surface area is 185 Å². The molecule has 2 N–H and O–H groups in total. The number of likely N-dealkylation sites (tertiary alicyclic amines) is 1. The minimum Gasteiger partial charge on any atom is -0.364 e. The maximum absolute atomic E-state index is 13.3. The Kier molecular flexibility index (Phi) is 5.48. The molecule has 3 aliphatic rings. The maximum Gasteiger partial charge on any atom is 0.233 e. The van der Waals surface area contributed by atoms with Crippen LogP contribution >= 0.6 is 0 Å². The Hall–Kier alpha value is -2.76. The highest BCUT2D eigenvalue weighted by atomic mass is 16.6. The zero-order valence-electron chi connectivity index (χ0n) is 18.4. The number of tetrazole rings is 1. The molecular weight excluding hydrogens is 412 g/mol. The number of aliphatic hydroxyl groups excluding tert-OH is 1. The second-order valence-electron chi connectivity index (χ2n) is 9.02. The van der Waals surface area contributed by atoms with E-state index in [9.17, 15) is 9.90 Å². The Morgan fingerprint density at radius 3 is 2.72 bits per heavy atom. The first kappa shape index (κ1) is 21.1. The van der Waals surface area contributed by atoms with Crippen LogP contribution in [-0.4, -0.2) is 71.8 Å². The van der Waals surface area contributed by atoms with E-state index in [-0.39, 0.29) is 11.3 Å². The average molecular weight is 441 g/mol. The van der Waals surface area contributed by atoms with Gasteiger partial charge in [-0.15, -0.1) is 10.2 Å². The van der Waals surface area contributed by atoms with E-state index in [2.05, 4.69) is 31.0 Å². The Balaban J connectivity index is 1.17. The number of aliphatic hydroxyl groups is 1. The Morgan fingerprint density at radius 1 is 1.25 bits per heavy atom. The molecule has 2 fully saturated rings. The van der Waals surface area contributed by atoms with Gasteiger partial charge in [0.05, 0.1) is 23.4 Å². The molecule has 2 aromatic heterocycles. The van der Waals surface area contributed by atoms with E-state index in [0.29, 0.717) is 31.6 Å². The largest absolute Gasteiger partial charge is 0.364 e. The molecule has 0 bridgehead atoms. The minimum atomic E-state index is -0.886. The number of amides is 1. The van der Waals surface area contributed by atoms with Crippen LogP contribution in [0, 0.1) is 12.3 Å². The summed E-state index contributed by atoms with van der Waals surface area (Å²) in [7, 11) is 0. The molecule has 1 saturated heterocycles. The van der Waals surface area contributed by atoms with Crippen molar-refractivity contribution in [3.8, 4) is 5.82 Å². The third kappa shape index (κ3) is 3.70. The second kappa shape index (κ2) is 8.30. The molecule has 1 saturated carbocycles. The average Bonchev–Trinajstić information content (AvgIpc) is 3.52. The molecule has 1 atom stereocenters. The number of nitrogens with zero attached hydrogens (tertiary/aromatic N) is 7. The fourth-order valence-electron chi connectivity index (χ4n) is 5.04. The van der Waals surface area contributed by atoms with Gasteiger partial charge < -0.3 is 20.1 Å². The van der Waals surface area contributed by atoms with Crippen LogP contribution in [0.25, 0.3) is 5.82 Å². The van der Waals surface area contributed by atoms with Gasteiger partial charge in [0.25, 0.3) is 0 Å². The first-order valence-electron chi connectivity index (χ1n) is 11.1. The van der Waals surface area contributed by atoms with E-state index < -0.39 is 6.29 Å². The highest BCUT2D eigenvalue weighted by molar-refractivity contribution is 5.86. The second-order valence-corrected chi connectivity index (χ2v) is 9.02. The summed E-state index contributed by atoms with van der Waals surface area (Å²) in [5.74, 6) is 0.786. The minimum absolute atomic E-state index is 0.197. The zero-order chi connectivity index (χ0) is 22.3. The van der Waals surface area contributed by atoms with Gasteiger partial charge in [0.15, 0.2) is 12.1 Å². The van der Waals surface area contributed by atoms with Gasteiger partial charge in [-0.05, 0) is 68.0 Å². The van der Waals surface area contributed by atoms with E-state index >= 15 is 0 Å². The van der Waals surface area contributed by atoms with Crippen molar-refractivity contribution in [3.05, 3.63) is 34.9 Å². The molecule has 0 aromatic carbocycles. The molecule has 11 heteroatoms. The van der Waals surface area contributed by atoms with E-state index in [0.717, 1.165) is 54.6 Å². The number of nitrogens with one attached hydrogen (secondary N) is 1. The highest BCUT2D eigenvalue weighted by Gasteiger charge is 2.50. The van der Waals surface area contributed by atoms with Crippen molar-refractivity contribution in [1.29, 1.82) is 0 Å². The van der Waals surface area contributed by atoms with Crippen LogP contribution in [0.1, 0.15) is 50.3 Å². The monoisotopic (exact) mass is 440 g/mol. The standard InChI is InChI=1S/C21H28N8O3/c1-13-9-18(29-12-23-26-27-29)25-24-16(13)10-22-15-3-5-21(6-4-15)7-8-28(20(21)31)17-11-32-19(30)14(17)2/h9,12,15,19,22,30H,3-8,10-11H2,1-2H3/t15-,19?,21-. The molecule has 1 unspecified atom stereocenters. The molecule has 170 valence electrons. The SMILES string of the molecule is CC1=C(N2CC[C@]3(CC[C@@H](NCc4nnc(-n5cnnn5)cc4C)CC3)C2=O)COC1O. The topological polar surface area (TPSA) is 131 Å². The first-order chi connectivity index (χ1) is 15.5. The molecule has 1 aliphatic carbocycles. The predicted molar refractivity (Wildman–Crippen MR) is 112 cm³/mol. The quantitative estimate of drug-likeness (QED) is 0.687. The summed E-state index contributed by atoms with van der Waals surface area (Å²) in [6.07, 6.45) is 5.12. The number of carbonyl (C=O) groups excluding carboxylic acids is 1. The number of ether oxygens (including phenoxy) is 1. The number of rotatable bonds is 5. The van der Waals surface area contributed by atoms with Crippen molar-refractivity contribution < 1.29 is 14.6 Å². The summed E-state index contributed by atoms with van der Waals surface area (Å²) in [6.45, 7) is 5.50. The fourth-order valence-corrected chi connectivity index (χ4v) is 5.04. The summed E-state index contributed by atoms with van der Waals surface area (Å²) in [5.41, 5.74) is 3.25. The van der Waals surface area contributed by atoms with Gasteiger partial charge in [-0.3, -0.25) is 4.79 Å². The van der Waals surface area contributed by atoms with Gasteiger partial charge in [-0.1, -0.05) is 0 Å². The molecular formula is C21H28N8O3. The molecule has 0 radical (unpaired) electrons. The van der Waals surface area contributed by atoms with Crippen LogP contribution in [0.4, 0.5) is 0 Å². The zero-order valence-corrected chi connectivity index (χ0v) is 18.4. The fraction of sp³-hybridized carbons (Fsp3) is 0.619. The summed E-state index contributed by atoms with van der Waals surface area (Å²) < 4.78 is 6.78. The van der Waals surface area contributed by atoms with Crippen LogP contribution in [0.15, 0.2) is 23.7 Å². The summed E-state index contributed by atoms with van der Waals surface area (Å²) in [6, 6.07) is 2.27. The summed E-state index contributed by atoms with van der Waals surface area (Å²) in [5, 5.41) is 33.1. The normalized spacial score (nSPS) is 28.3. The van der Waals surface area contributed by atoms with Gasteiger partial charge in [0.2, 0.25) is 5.91 Å². The van der Waals surface area contributed by atoms with Crippen molar-refractivity contribution in [2.75, 3.05) is 13.2 Å².